The predicted molar refractivity (Wildman–Crippen MR) is 155 cm³/mol. The summed E-state index contributed by atoms with van der Waals surface area (Å²) in [5.41, 5.74) is 1.90. The Balaban J connectivity index is 1.41. The molecule has 0 spiro atoms. The number of halogens is 3. The van der Waals surface area contributed by atoms with Crippen LogP contribution in [0.15, 0.2) is 41.9 Å². The Labute approximate surface area is 232 Å². The number of allylic oxidation sites excluding steroid dienone is 1. The number of aromatic nitrogens is 1. The molecule has 0 bridgehead atoms. The molecule has 1 heterocycles. The number of hydrogen-bond acceptors (Lipinski definition) is 3. The number of pyridine rings is 1. The Kier molecular flexibility index (Phi) is 9.97. The second-order valence-corrected chi connectivity index (χ2v) is 12.0. The SMILES string of the molecule is C=CCCCC(CC1CC1)C1CCC(C/C(C)=N/c2nc(NCc3c(F)cccc3F)c(Cl)cc2C)[C@H]1C. The molecule has 2 aliphatic rings. The molecule has 6 heteroatoms. The van der Waals surface area contributed by atoms with Gasteiger partial charge in [0.2, 0.25) is 0 Å². The van der Waals surface area contributed by atoms with Crippen molar-refractivity contribution < 1.29 is 8.78 Å². The molecule has 38 heavy (non-hydrogen) atoms. The van der Waals surface area contributed by atoms with Gasteiger partial charge in [-0.15, -0.1) is 6.58 Å². The zero-order valence-corrected chi connectivity index (χ0v) is 23.8. The fourth-order valence-corrected chi connectivity index (χ4v) is 6.61. The van der Waals surface area contributed by atoms with E-state index >= 15 is 0 Å². The van der Waals surface area contributed by atoms with Crippen molar-refractivity contribution in [3.8, 4) is 0 Å². The van der Waals surface area contributed by atoms with Gasteiger partial charge in [-0.05, 0) is 112 Å². The number of anilines is 1. The summed E-state index contributed by atoms with van der Waals surface area (Å²) in [7, 11) is 0. The Morgan fingerprint density at radius 2 is 1.97 bits per heavy atom. The van der Waals surface area contributed by atoms with Crippen molar-refractivity contribution in [3.63, 3.8) is 0 Å². The van der Waals surface area contributed by atoms with E-state index < -0.39 is 11.6 Å². The zero-order chi connectivity index (χ0) is 27.2. The molecule has 3 nitrogen and oxygen atoms in total. The van der Waals surface area contributed by atoms with Crippen LogP contribution in [0.25, 0.3) is 0 Å². The largest absolute Gasteiger partial charge is 0.364 e. The lowest BCUT2D eigenvalue weighted by atomic mass is 9.76. The summed E-state index contributed by atoms with van der Waals surface area (Å²) in [6.07, 6.45) is 13.6. The molecular formula is C32H42ClF2N3. The average Bonchev–Trinajstić information content (AvgIpc) is 3.62. The minimum atomic E-state index is -0.598. The summed E-state index contributed by atoms with van der Waals surface area (Å²) in [4.78, 5) is 9.51. The Hall–Kier alpha value is -2.27. The van der Waals surface area contributed by atoms with E-state index in [4.69, 9.17) is 16.6 Å². The molecule has 206 valence electrons. The number of unbranched alkanes of at least 4 members (excludes halogenated alkanes) is 1. The maximum absolute atomic E-state index is 14.1. The first-order valence-corrected chi connectivity index (χ1v) is 14.6. The maximum atomic E-state index is 14.1. The predicted octanol–water partition coefficient (Wildman–Crippen LogP) is 9.85. The van der Waals surface area contributed by atoms with Gasteiger partial charge in [0.25, 0.3) is 0 Å². The minimum absolute atomic E-state index is 0.0403. The lowest BCUT2D eigenvalue weighted by Crippen LogP contribution is -2.22. The number of benzene rings is 1. The van der Waals surface area contributed by atoms with Gasteiger partial charge in [0, 0.05) is 17.8 Å². The molecule has 2 aliphatic carbocycles. The molecule has 4 rings (SSSR count). The van der Waals surface area contributed by atoms with Crippen molar-refractivity contribution in [2.24, 2.45) is 34.6 Å². The van der Waals surface area contributed by atoms with E-state index in [9.17, 15) is 8.78 Å². The summed E-state index contributed by atoms with van der Waals surface area (Å²) in [6, 6.07) is 5.64. The van der Waals surface area contributed by atoms with Crippen LogP contribution in [0.3, 0.4) is 0 Å². The summed E-state index contributed by atoms with van der Waals surface area (Å²) in [6.45, 7) is 10.3. The van der Waals surface area contributed by atoms with Gasteiger partial charge in [-0.3, -0.25) is 0 Å². The quantitative estimate of drug-likeness (QED) is 0.156. The van der Waals surface area contributed by atoms with Gasteiger partial charge in [0.15, 0.2) is 5.82 Å². The van der Waals surface area contributed by atoms with E-state index in [0.717, 1.165) is 41.9 Å². The number of nitrogens with one attached hydrogen (secondary N) is 1. The summed E-state index contributed by atoms with van der Waals surface area (Å²) < 4.78 is 28.1. The van der Waals surface area contributed by atoms with E-state index in [0.29, 0.717) is 28.5 Å². The average molecular weight is 542 g/mol. The van der Waals surface area contributed by atoms with Crippen molar-refractivity contribution in [2.45, 2.75) is 85.1 Å². The van der Waals surface area contributed by atoms with E-state index in [1.165, 1.54) is 63.1 Å². The van der Waals surface area contributed by atoms with Crippen LogP contribution >= 0.6 is 11.6 Å². The number of aryl methyl sites for hydroxylation is 1. The number of hydrogen-bond donors (Lipinski definition) is 1. The second kappa shape index (κ2) is 13.2. The number of nitrogens with zero attached hydrogens (tertiary/aromatic N) is 2. The third-order valence-corrected chi connectivity index (χ3v) is 8.99. The molecule has 0 radical (unpaired) electrons. The van der Waals surface area contributed by atoms with E-state index in [1.54, 1.807) is 6.07 Å². The molecule has 3 unspecified atom stereocenters. The third-order valence-electron chi connectivity index (χ3n) is 8.70. The normalized spacial score (nSPS) is 22.5. The van der Waals surface area contributed by atoms with Crippen LogP contribution < -0.4 is 5.32 Å². The van der Waals surface area contributed by atoms with Gasteiger partial charge in [-0.1, -0.05) is 43.5 Å². The fraction of sp³-hybridized carbons (Fsp3) is 0.562. The van der Waals surface area contributed by atoms with Crippen LogP contribution in [0.5, 0.6) is 0 Å². The minimum Gasteiger partial charge on any atom is -0.364 e. The monoisotopic (exact) mass is 541 g/mol. The molecule has 4 atom stereocenters. The van der Waals surface area contributed by atoms with Crippen molar-refractivity contribution >= 4 is 28.9 Å². The highest BCUT2D eigenvalue weighted by atomic mass is 35.5. The van der Waals surface area contributed by atoms with Crippen LogP contribution in [-0.2, 0) is 6.54 Å². The highest BCUT2D eigenvalue weighted by Crippen LogP contribution is 2.48. The smallest absolute Gasteiger partial charge is 0.157 e. The van der Waals surface area contributed by atoms with Crippen LogP contribution in [0.4, 0.5) is 20.4 Å². The topological polar surface area (TPSA) is 37.3 Å². The van der Waals surface area contributed by atoms with Gasteiger partial charge in [0.1, 0.15) is 17.5 Å². The molecule has 0 saturated heterocycles. The molecule has 0 amide bonds. The Morgan fingerprint density at radius 1 is 1.24 bits per heavy atom. The first kappa shape index (κ1) is 28.7. The lowest BCUT2D eigenvalue weighted by Gasteiger charge is -2.29. The van der Waals surface area contributed by atoms with Gasteiger partial charge < -0.3 is 5.32 Å². The second-order valence-electron chi connectivity index (χ2n) is 11.6. The van der Waals surface area contributed by atoms with Crippen molar-refractivity contribution in [1.29, 1.82) is 0 Å². The number of aliphatic imine (C=N–C) groups is 1. The molecule has 1 N–H and O–H groups in total. The molecule has 1 aromatic carbocycles. The maximum Gasteiger partial charge on any atom is 0.157 e. The van der Waals surface area contributed by atoms with Gasteiger partial charge in [0.05, 0.1) is 5.02 Å². The Morgan fingerprint density at radius 3 is 2.66 bits per heavy atom. The first-order chi connectivity index (χ1) is 18.3. The Bertz CT molecular complexity index is 1120. The van der Waals surface area contributed by atoms with Gasteiger partial charge in [-0.2, -0.15) is 0 Å². The van der Waals surface area contributed by atoms with Crippen molar-refractivity contribution in [3.05, 3.63) is 64.7 Å². The van der Waals surface area contributed by atoms with E-state index in [-0.39, 0.29) is 12.1 Å². The standard InChI is InChI=1S/C32H42ClF2N3/c1-5-6-7-9-25(18-23-12-13-23)26-15-14-24(22(26)4)17-21(3)37-31-20(2)16-28(33)32(38-31)36-19-27-29(34)10-8-11-30(27)35/h5,8,10-11,16,22-26H,1,6-7,9,12-15,17-19H2,2-4H3,(H,36,38)/b37-21+/t22-,24?,25?,26?/m1/s1. The van der Waals surface area contributed by atoms with E-state index in [1.807, 2.05) is 6.92 Å². The number of rotatable bonds is 13. The van der Waals surface area contributed by atoms with Gasteiger partial charge in [-0.25, -0.2) is 18.8 Å². The van der Waals surface area contributed by atoms with Crippen LogP contribution in [0.1, 0.15) is 82.8 Å². The van der Waals surface area contributed by atoms with Crippen molar-refractivity contribution in [1.82, 2.24) is 4.98 Å². The summed E-state index contributed by atoms with van der Waals surface area (Å²) in [5.74, 6) is 3.73. The first-order valence-electron chi connectivity index (χ1n) is 14.3. The highest BCUT2D eigenvalue weighted by molar-refractivity contribution is 6.33. The van der Waals surface area contributed by atoms with Gasteiger partial charge >= 0.3 is 0 Å². The molecule has 0 aliphatic heterocycles. The molecular weight excluding hydrogens is 500 g/mol. The highest BCUT2D eigenvalue weighted by Gasteiger charge is 2.39. The molecule has 2 saturated carbocycles. The van der Waals surface area contributed by atoms with Crippen LogP contribution in [0.2, 0.25) is 5.02 Å². The summed E-state index contributed by atoms with van der Waals surface area (Å²) >= 11 is 6.41. The third kappa shape index (κ3) is 7.43. The lowest BCUT2D eigenvalue weighted by molar-refractivity contribution is 0.213. The van der Waals surface area contributed by atoms with E-state index in [2.05, 4.69) is 36.8 Å². The zero-order valence-electron chi connectivity index (χ0n) is 23.1. The summed E-state index contributed by atoms with van der Waals surface area (Å²) in [5, 5.41) is 3.40. The van der Waals surface area contributed by atoms with Crippen LogP contribution in [-0.4, -0.2) is 10.7 Å². The molecule has 1 aromatic heterocycles. The molecule has 2 aromatic rings. The molecule has 2 fully saturated rings. The van der Waals surface area contributed by atoms with Crippen LogP contribution in [0, 0.1) is 48.1 Å². The fourth-order valence-electron chi connectivity index (χ4n) is 6.33. The van der Waals surface area contributed by atoms with Crippen molar-refractivity contribution in [2.75, 3.05) is 5.32 Å².